The topological polar surface area (TPSA) is 67.2 Å². The maximum absolute atomic E-state index is 14.3. The van der Waals surface area contributed by atoms with Crippen molar-refractivity contribution in [3.8, 4) is 0 Å². The third-order valence-electron chi connectivity index (χ3n) is 4.65. The quantitative estimate of drug-likeness (QED) is 0.927. The summed E-state index contributed by atoms with van der Waals surface area (Å²) in [5.41, 5.74) is 0.959. The fourth-order valence-corrected chi connectivity index (χ4v) is 3.29. The van der Waals surface area contributed by atoms with Gasteiger partial charge in [-0.3, -0.25) is 14.3 Å². The maximum Gasteiger partial charge on any atom is 0.230 e. The van der Waals surface area contributed by atoms with Crippen LogP contribution in [0.5, 0.6) is 0 Å². The van der Waals surface area contributed by atoms with Gasteiger partial charge >= 0.3 is 0 Å². The highest BCUT2D eigenvalue weighted by atomic mass is 19.1. The summed E-state index contributed by atoms with van der Waals surface area (Å²) >= 11 is 0. The third-order valence-corrected chi connectivity index (χ3v) is 4.65. The molecule has 3 rings (SSSR count). The number of carbonyl (C=O) groups excluding carboxylic acids is 2. The second-order valence-corrected chi connectivity index (χ2v) is 6.19. The van der Waals surface area contributed by atoms with Gasteiger partial charge in [0.1, 0.15) is 5.82 Å². The minimum absolute atomic E-state index is 0.0869. The van der Waals surface area contributed by atoms with E-state index in [-0.39, 0.29) is 18.2 Å². The van der Waals surface area contributed by atoms with Crippen molar-refractivity contribution in [3.05, 3.63) is 48.0 Å². The standard InChI is InChI=1S/C18H21FN4O2/c1-3-23-11-12(10-20-23)21-18(25)14-8-9-16(24)22(2)17(14)13-6-4-5-7-15(13)19/h4-7,10-11,14,17H,3,8-9H2,1-2H3,(H,21,25)/t14-,17-/m0/s1. The Morgan fingerprint density at radius 2 is 2.16 bits per heavy atom. The predicted octanol–water partition coefficient (Wildman–Crippen LogP) is 2.59. The zero-order valence-corrected chi connectivity index (χ0v) is 14.3. The SMILES string of the molecule is CCn1cc(NC(=O)[C@H]2CCC(=O)N(C)[C@H]2c2ccccc2F)cn1. The predicted molar refractivity (Wildman–Crippen MR) is 91.2 cm³/mol. The third kappa shape index (κ3) is 3.40. The van der Waals surface area contributed by atoms with Gasteiger partial charge in [-0.1, -0.05) is 18.2 Å². The van der Waals surface area contributed by atoms with Crippen LogP contribution in [0.15, 0.2) is 36.7 Å². The zero-order chi connectivity index (χ0) is 18.0. The van der Waals surface area contributed by atoms with Crippen molar-refractivity contribution in [3.63, 3.8) is 0 Å². The van der Waals surface area contributed by atoms with Crippen LogP contribution in [0.25, 0.3) is 0 Å². The van der Waals surface area contributed by atoms with Crippen LogP contribution in [-0.4, -0.2) is 33.5 Å². The van der Waals surface area contributed by atoms with Gasteiger partial charge < -0.3 is 10.2 Å². The molecule has 1 saturated heterocycles. The van der Waals surface area contributed by atoms with Gasteiger partial charge in [0.05, 0.1) is 23.8 Å². The number of piperidine rings is 1. The molecule has 0 bridgehead atoms. The number of hydrogen-bond donors (Lipinski definition) is 1. The van der Waals surface area contributed by atoms with E-state index >= 15 is 0 Å². The molecule has 0 aliphatic carbocycles. The summed E-state index contributed by atoms with van der Waals surface area (Å²) in [6.07, 6.45) is 3.98. The van der Waals surface area contributed by atoms with Crippen LogP contribution >= 0.6 is 0 Å². The van der Waals surface area contributed by atoms with E-state index in [9.17, 15) is 14.0 Å². The molecular formula is C18H21FN4O2. The Balaban J connectivity index is 1.87. The highest BCUT2D eigenvalue weighted by molar-refractivity contribution is 5.94. The largest absolute Gasteiger partial charge is 0.338 e. The average molecular weight is 344 g/mol. The lowest BCUT2D eigenvalue weighted by Crippen LogP contribution is -2.44. The van der Waals surface area contributed by atoms with Crippen LogP contribution in [0.2, 0.25) is 0 Å². The Bertz CT molecular complexity index is 789. The van der Waals surface area contributed by atoms with Crippen molar-refractivity contribution in [2.45, 2.75) is 32.4 Å². The van der Waals surface area contributed by atoms with Gasteiger partial charge in [-0.2, -0.15) is 5.10 Å². The molecule has 0 saturated carbocycles. The second kappa shape index (κ2) is 7.04. The molecule has 0 spiro atoms. The number of hydrogen-bond acceptors (Lipinski definition) is 3. The minimum Gasteiger partial charge on any atom is -0.338 e. The van der Waals surface area contributed by atoms with Crippen LogP contribution in [0.3, 0.4) is 0 Å². The maximum atomic E-state index is 14.3. The van der Waals surface area contributed by atoms with E-state index in [2.05, 4.69) is 10.4 Å². The zero-order valence-electron chi connectivity index (χ0n) is 14.3. The Hall–Kier alpha value is -2.70. The summed E-state index contributed by atoms with van der Waals surface area (Å²) in [4.78, 5) is 26.4. The van der Waals surface area contributed by atoms with Crippen molar-refractivity contribution in [1.82, 2.24) is 14.7 Å². The summed E-state index contributed by atoms with van der Waals surface area (Å²) in [5, 5.41) is 6.97. The highest BCUT2D eigenvalue weighted by Crippen LogP contribution is 2.37. The second-order valence-electron chi connectivity index (χ2n) is 6.19. The highest BCUT2D eigenvalue weighted by Gasteiger charge is 2.40. The molecule has 2 heterocycles. The minimum atomic E-state index is -0.622. The van der Waals surface area contributed by atoms with E-state index in [1.165, 1.54) is 11.0 Å². The van der Waals surface area contributed by atoms with Crippen LogP contribution < -0.4 is 5.32 Å². The van der Waals surface area contributed by atoms with Crippen molar-refractivity contribution < 1.29 is 14.0 Å². The van der Waals surface area contributed by atoms with Crippen LogP contribution in [-0.2, 0) is 16.1 Å². The van der Waals surface area contributed by atoms with Gasteiger partial charge in [-0.05, 0) is 19.4 Å². The number of anilines is 1. The number of nitrogens with one attached hydrogen (secondary N) is 1. The first kappa shape index (κ1) is 17.1. The first-order chi connectivity index (χ1) is 12.0. The number of likely N-dealkylation sites (tertiary alicyclic amines) is 1. The van der Waals surface area contributed by atoms with E-state index in [0.717, 1.165) is 0 Å². The molecule has 2 aromatic rings. The number of amides is 2. The van der Waals surface area contributed by atoms with E-state index in [1.54, 1.807) is 42.3 Å². The number of benzene rings is 1. The fourth-order valence-electron chi connectivity index (χ4n) is 3.29. The smallest absolute Gasteiger partial charge is 0.230 e. The summed E-state index contributed by atoms with van der Waals surface area (Å²) < 4.78 is 16.0. The van der Waals surface area contributed by atoms with Gasteiger partial charge in [0.2, 0.25) is 11.8 Å². The molecule has 1 aliphatic heterocycles. The molecule has 1 aromatic heterocycles. The lowest BCUT2D eigenvalue weighted by Gasteiger charge is -2.38. The Morgan fingerprint density at radius 3 is 2.84 bits per heavy atom. The normalized spacial score (nSPS) is 20.6. The average Bonchev–Trinajstić information content (AvgIpc) is 3.05. The fraction of sp³-hybridized carbons (Fsp3) is 0.389. The van der Waals surface area contributed by atoms with E-state index in [4.69, 9.17) is 0 Å². The summed E-state index contributed by atoms with van der Waals surface area (Å²) in [7, 11) is 1.62. The van der Waals surface area contributed by atoms with Crippen molar-refractivity contribution in [1.29, 1.82) is 0 Å². The summed E-state index contributed by atoms with van der Waals surface area (Å²) in [5.74, 6) is -1.26. The van der Waals surface area contributed by atoms with Crippen molar-refractivity contribution in [2.75, 3.05) is 12.4 Å². The molecule has 2 amide bonds. The van der Waals surface area contributed by atoms with E-state index in [1.807, 2.05) is 6.92 Å². The first-order valence-electron chi connectivity index (χ1n) is 8.34. The van der Waals surface area contributed by atoms with Gasteiger partial charge in [0, 0.05) is 31.8 Å². The van der Waals surface area contributed by atoms with Crippen molar-refractivity contribution in [2.24, 2.45) is 5.92 Å². The molecule has 25 heavy (non-hydrogen) atoms. The van der Waals surface area contributed by atoms with Gasteiger partial charge in [0.25, 0.3) is 0 Å². The van der Waals surface area contributed by atoms with E-state index in [0.29, 0.717) is 24.2 Å². The molecule has 0 radical (unpaired) electrons. The van der Waals surface area contributed by atoms with Crippen LogP contribution in [0.1, 0.15) is 31.4 Å². The molecular weight excluding hydrogens is 323 g/mol. The number of nitrogens with zero attached hydrogens (tertiary/aromatic N) is 3. The van der Waals surface area contributed by atoms with Gasteiger partial charge in [-0.25, -0.2) is 4.39 Å². The number of halogens is 1. The number of carbonyl (C=O) groups is 2. The van der Waals surface area contributed by atoms with Crippen molar-refractivity contribution >= 4 is 17.5 Å². The summed E-state index contributed by atoms with van der Waals surface area (Å²) in [6.45, 7) is 2.66. The van der Waals surface area contributed by atoms with Crippen LogP contribution in [0, 0.1) is 11.7 Å². The van der Waals surface area contributed by atoms with Gasteiger partial charge in [-0.15, -0.1) is 0 Å². The molecule has 2 atom stereocenters. The number of aromatic nitrogens is 2. The van der Waals surface area contributed by atoms with E-state index < -0.39 is 17.8 Å². The Kier molecular flexibility index (Phi) is 4.83. The Labute approximate surface area is 145 Å². The molecule has 1 fully saturated rings. The molecule has 1 aliphatic rings. The van der Waals surface area contributed by atoms with Crippen LogP contribution in [0.4, 0.5) is 10.1 Å². The molecule has 0 unspecified atom stereocenters. The molecule has 7 heteroatoms. The summed E-state index contributed by atoms with van der Waals surface area (Å²) in [6, 6.07) is 5.67. The lowest BCUT2D eigenvalue weighted by molar-refractivity contribution is -0.140. The number of aryl methyl sites for hydroxylation is 1. The molecule has 132 valence electrons. The Morgan fingerprint density at radius 1 is 1.40 bits per heavy atom. The number of rotatable bonds is 4. The molecule has 1 aromatic carbocycles. The van der Waals surface area contributed by atoms with Gasteiger partial charge in [0.15, 0.2) is 0 Å². The molecule has 1 N–H and O–H groups in total. The monoisotopic (exact) mass is 344 g/mol. The molecule has 6 nitrogen and oxygen atoms in total. The first-order valence-corrected chi connectivity index (χ1v) is 8.34. The lowest BCUT2D eigenvalue weighted by atomic mass is 9.83.